The van der Waals surface area contributed by atoms with Gasteiger partial charge in [0.05, 0.1) is 30.7 Å². The minimum atomic E-state index is -0.896. The third-order valence-electron chi connectivity index (χ3n) is 6.09. The topological polar surface area (TPSA) is 106 Å². The van der Waals surface area contributed by atoms with Crippen LogP contribution in [0.3, 0.4) is 0 Å². The molecule has 8 nitrogen and oxygen atoms in total. The quantitative estimate of drug-likeness (QED) is 0.175. The van der Waals surface area contributed by atoms with E-state index < -0.39 is 17.7 Å². The number of aliphatic hydroxyl groups is 1. The Morgan fingerprint density at radius 1 is 1.00 bits per heavy atom. The van der Waals surface area contributed by atoms with Crippen LogP contribution in [0.25, 0.3) is 5.76 Å². The summed E-state index contributed by atoms with van der Waals surface area (Å²) in [6.45, 7) is 8.21. The van der Waals surface area contributed by atoms with Gasteiger partial charge in [0.2, 0.25) is 0 Å². The van der Waals surface area contributed by atoms with Crippen molar-refractivity contribution in [2.75, 3.05) is 11.5 Å². The summed E-state index contributed by atoms with van der Waals surface area (Å²) in [5.74, 6) is -1.21. The Bertz CT molecular complexity index is 1360. The Kier molecular flexibility index (Phi) is 8.44. The van der Waals surface area contributed by atoms with E-state index in [1.165, 1.54) is 4.90 Å². The summed E-state index contributed by atoms with van der Waals surface area (Å²) in [5, 5.41) is 11.3. The van der Waals surface area contributed by atoms with E-state index in [0.29, 0.717) is 40.7 Å². The second-order valence-electron chi connectivity index (χ2n) is 10.1. The molecule has 4 rings (SSSR count). The Morgan fingerprint density at radius 2 is 1.69 bits per heavy atom. The molecule has 3 aromatic rings. The van der Waals surface area contributed by atoms with Crippen molar-refractivity contribution in [3.05, 3.63) is 95.3 Å². The summed E-state index contributed by atoms with van der Waals surface area (Å²) < 4.78 is 10.9. The van der Waals surface area contributed by atoms with E-state index >= 15 is 0 Å². The second kappa shape index (κ2) is 11.9. The van der Waals surface area contributed by atoms with Gasteiger partial charge in [0.1, 0.15) is 11.5 Å². The van der Waals surface area contributed by atoms with E-state index in [1.807, 2.05) is 13.8 Å². The molecule has 39 heavy (non-hydrogen) atoms. The fourth-order valence-corrected chi connectivity index (χ4v) is 4.32. The van der Waals surface area contributed by atoms with Crippen LogP contribution in [-0.2, 0) is 25.5 Å². The fraction of sp³-hybridized carbons (Fsp3) is 0.290. The number of Topliss-reactive ketones (excluding diaryl/α,β-unsaturated/α-hetero) is 1. The van der Waals surface area contributed by atoms with Gasteiger partial charge >= 0.3 is 5.97 Å². The summed E-state index contributed by atoms with van der Waals surface area (Å²) in [4.78, 5) is 44.2. The van der Waals surface area contributed by atoms with Gasteiger partial charge in [-0.2, -0.15) is 0 Å². The van der Waals surface area contributed by atoms with Crippen LogP contribution in [0.4, 0.5) is 5.69 Å². The van der Waals surface area contributed by atoms with E-state index in [2.05, 4.69) is 4.98 Å². The summed E-state index contributed by atoms with van der Waals surface area (Å²) in [6, 6.07) is 16.1. The van der Waals surface area contributed by atoms with Crippen LogP contribution in [0, 0.1) is 5.92 Å². The lowest BCUT2D eigenvalue weighted by Gasteiger charge is -2.25. The van der Waals surface area contributed by atoms with Crippen LogP contribution < -0.4 is 9.64 Å². The number of carbonyl (C=O) groups excluding carboxylic acids is 3. The first-order valence-corrected chi connectivity index (χ1v) is 12.9. The monoisotopic (exact) mass is 528 g/mol. The summed E-state index contributed by atoms with van der Waals surface area (Å²) in [6.07, 6.45) is 3.03. The van der Waals surface area contributed by atoms with Crippen molar-refractivity contribution in [3.63, 3.8) is 0 Å². The van der Waals surface area contributed by atoms with E-state index in [9.17, 15) is 19.5 Å². The number of nitrogens with zero attached hydrogens (tertiary/aromatic N) is 2. The maximum Gasteiger partial charge on any atom is 0.310 e. The van der Waals surface area contributed by atoms with Crippen LogP contribution in [0.1, 0.15) is 50.4 Å². The van der Waals surface area contributed by atoms with Gasteiger partial charge in [-0.15, -0.1) is 0 Å². The highest BCUT2D eigenvalue weighted by molar-refractivity contribution is 6.51. The van der Waals surface area contributed by atoms with Crippen molar-refractivity contribution >= 4 is 29.1 Å². The van der Waals surface area contributed by atoms with Gasteiger partial charge in [-0.3, -0.25) is 24.3 Å². The third-order valence-corrected chi connectivity index (χ3v) is 6.09. The zero-order chi connectivity index (χ0) is 28.1. The molecule has 1 aliphatic rings. The Balaban J connectivity index is 1.70. The molecule has 0 aliphatic carbocycles. The van der Waals surface area contributed by atoms with Crippen LogP contribution in [-0.4, -0.2) is 40.5 Å². The van der Waals surface area contributed by atoms with Crippen molar-refractivity contribution < 1.29 is 29.0 Å². The average molecular weight is 529 g/mol. The molecule has 1 fully saturated rings. The van der Waals surface area contributed by atoms with E-state index in [4.69, 9.17) is 9.47 Å². The maximum atomic E-state index is 13.3. The Labute approximate surface area is 227 Å². The molecule has 2 heterocycles. The highest BCUT2D eigenvalue weighted by Gasteiger charge is 2.47. The van der Waals surface area contributed by atoms with Gasteiger partial charge in [0.25, 0.3) is 11.7 Å². The fourth-order valence-electron chi connectivity index (χ4n) is 4.32. The number of rotatable bonds is 9. The number of aromatic nitrogens is 1. The summed E-state index contributed by atoms with van der Waals surface area (Å²) >= 11 is 0. The average Bonchev–Trinajstić information content (AvgIpc) is 3.18. The number of aliphatic hydroxyl groups excluding tert-OH is 1. The van der Waals surface area contributed by atoms with Gasteiger partial charge in [0.15, 0.2) is 0 Å². The largest absolute Gasteiger partial charge is 0.507 e. The zero-order valence-corrected chi connectivity index (χ0v) is 22.5. The number of ether oxygens (including phenoxy) is 2. The van der Waals surface area contributed by atoms with E-state index in [1.54, 1.807) is 86.9 Å². The zero-order valence-electron chi connectivity index (χ0n) is 22.5. The maximum absolute atomic E-state index is 13.3. The van der Waals surface area contributed by atoms with Crippen LogP contribution in [0.5, 0.6) is 5.75 Å². The minimum Gasteiger partial charge on any atom is -0.507 e. The Hall–Kier alpha value is -4.46. The number of ketones is 1. The first kappa shape index (κ1) is 27.6. The number of esters is 1. The molecule has 1 unspecified atom stereocenters. The smallest absolute Gasteiger partial charge is 0.310 e. The third kappa shape index (κ3) is 6.34. The predicted molar refractivity (Wildman–Crippen MR) is 147 cm³/mol. The molecule has 1 aromatic heterocycles. The normalized spacial score (nSPS) is 16.7. The number of anilines is 1. The number of amides is 1. The molecule has 8 heteroatoms. The van der Waals surface area contributed by atoms with Crippen molar-refractivity contribution in [2.24, 2.45) is 5.92 Å². The lowest BCUT2D eigenvalue weighted by molar-refractivity contribution is -0.146. The highest BCUT2D eigenvalue weighted by Crippen LogP contribution is 2.42. The molecule has 1 N–H and O–H groups in total. The molecule has 0 radical (unpaired) electrons. The molecule has 1 saturated heterocycles. The van der Waals surface area contributed by atoms with Crippen LogP contribution >= 0.6 is 0 Å². The van der Waals surface area contributed by atoms with Crippen LogP contribution in [0.2, 0.25) is 0 Å². The summed E-state index contributed by atoms with van der Waals surface area (Å²) in [7, 11) is 0. The van der Waals surface area contributed by atoms with Crippen molar-refractivity contribution in [3.8, 4) is 5.75 Å². The molecule has 1 aliphatic heterocycles. The number of pyridine rings is 1. The van der Waals surface area contributed by atoms with E-state index in [0.717, 1.165) is 0 Å². The lowest BCUT2D eigenvalue weighted by Crippen LogP contribution is -2.29. The highest BCUT2D eigenvalue weighted by atomic mass is 16.5. The molecular formula is C31H32N2O6. The first-order valence-electron chi connectivity index (χ1n) is 12.9. The number of hydrogen-bond donors (Lipinski definition) is 1. The molecule has 0 bridgehead atoms. The van der Waals surface area contributed by atoms with Gasteiger partial charge < -0.3 is 14.6 Å². The number of hydrogen-bond acceptors (Lipinski definition) is 7. The standard InChI is InChI=1S/C31H32N2O6/c1-19(2)18-38-25-13-9-22(10-14-25)29(35)27-28(23-6-5-15-32-17-23)33(31(37)30(27)36)24-11-7-21(8-12-24)16-26(34)39-20(3)4/h5-15,17,19-20,28,35H,16,18H2,1-4H3/b29-27-. The van der Waals surface area contributed by atoms with Crippen molar-refractivity contribution in [2.45, 2.75) is 46.3 Å². The van der Waals surface area contributed by atoms with Crippen molar-refractivity contribution in [1.82, 2.24) is 4.98 Å². The molecule has 1 atom stereocenters. The SMILES string of the molecule is CC(C)COc1ccc(/C(O)=C2/C(=O)C(=O)N(c3ccc(CC(=O)OC(C)C)cc3)C2c2cccnc2)cc1. The van der Waals surface area contributed by atoms with E-state index in [-0.39, 0.29) is 29.8 Å². The van der Waals surface area contributed by atoms with Gasteiger partial charge in [0, 0.05) is 23.6 Å². The van der Waals surface area contributed by atoms with Gasteiger partial charge in [-0.1, -0.05) is 32.0 Å². The Morgan fingerprint density at radius 3 is 2.28 bits per heavy atom. The van der Waals surface area contributed by atoms with Gasteiger partial charge in [-0.05, 0) is 73.4 Å². The molecule has 2 aromatic carbocycles. The van der Waals surface area contributed by atoms with Gasteiger partial charge in [-0.25, -0.2) is 0 Å². The predicted octanol–water partition coefficient (Wildman–Crippen LogP) is 5.24. The summed E-state index contributed by atoms with van der Waals surface area (Å²) in [5.41, 5.74) is 2.08. The van der Waals surface area contributed by atoms with Crippen LogP contribution in [0.15, 0.2) is 78.6 Å². The molecule has 202 valence electrons. The number of benzene rings is 2. The molecule has 0 saturated carbocycles. The molecular weight excluding hydrogens is 496 g/mol. The molecule has 0 spiro atoms. The number of carbonyl (C=O) groups is 3. The second-order valence-corrected chi connectivity index (χ2v) is 10.1. The molecule has 1 amide bonds. The first-order chi connectivity index (χ1) is 18.7. The lowest BCUT2D eigenvalue weighted by atomic mass is 9.96. The van der Waals surface area contributed by atoms with Crippen molar-refractivity contribution in [1.29, 1.82) is 0 Å². The minimum absolute atomic E-state index is 0.0339.